The number of fused-ring (bicyclic) bond motifs is 1. The smallest absolute Gasteiger partial charge is 0.410 e. The molecular formula is C15H19NO4. The Bertz CT molecular complexity index is 527. The van der Waals surface area contributed by atoms with Crippen LogP contribution in [0, 0.1) is 6.92 Å². The summed E-state index contributed by atoms with van der Waals surface area (Å²) in [4.78, 5) is 25.3. The molecule has 0 spiro atoms. The van der Waals surface area contributed by atoms with Crippen LogP contribution >= 0.6 is 0 Å². The van der Waals surface area contributed by atoms with Gasteiger partial charge in [0.15, 0.2) is 0 Å². The zero-order chi connectivity index (χ0) is 14.7. The lowest BCUT2D eigenvalue weighted by Crippen LogP contribution is -2.49. The molecule has 0 unspecified atom stereocenters. The van der Waals surface area contributed by atoms with Crippen molar-refractivity contribution in [1.82, 2.24) is 4.90 Å². The maximum absolute atomic E-state index is 12.0. The summed E-state index contributed by atoms with van der Waals surface area (Å²) in [6, 6.07) is 5.42. The van der Waals surface area contributed by atoms with Crippen LogP contribution in [0.4, 0.5) is 4.79 Å². The number of hydrogen-bond acceptors (Lipinski definition) is 4. The first-order valence-corrected chi connectivity index (χ1v) is 6.66. The Morgan fingerprint density at radius 2 is 2.10 bits per heavy atom. The van der Waals surface area contributed by atoms with E-state index in [4.69, 9.17) is 9.47 Å². The Morgan fingerprint density at radius 3 is 2.75 bits per heavy atom. The number of hydrogen-bond donors (Lipinski definition) is 0. The third-order valence-electron chi connectivity index (χ3n) is 3.47. The molecule has 0 radical (unpaired) electrons. The summed E-state index contributed by atoms with van der Waals surface area (Å²) in [5.41, 5.74) is 3.27. The van der Waals surface area contributed by atoms with E-state index in [0.717, 1.165) is 16.7 Å². The lowest BCUT2D eigenvalue weighted by atomic mass is 9.93. The van der Waals surface area contributed by atoms with Crippen molar-refractivity contribution in [3.05, 3.63) is 34.9 Å². The van der Waals surface area contributed by atoms with Crippen LogP contribution in [0.3, 0.4) is 0 Å². The summed E-state index contributed by atoms with van der Waals surface area (Å²) in [7, 11) is 1.33. The first-order valence-electron chi connectivity index (χ1n) is 6.66. The number of carbonyl (C=O) groups is 2. The van der Waals surface area contributed by atoms with Crippen molar-refractivity contribution in [3.63, 3.8) is 0 Å². The van der Waals surface area contributed by atoms with Crippen LogP contribution in [0.25, 0.3) is 0 Å². The van der Waals surface area contributed by atoms with Crippen LogP contribution in [0.5, 0.6) is 0 Å². The maximum atomic E-state index is 12.0. The van der Waals surface area contributed by atoms with Crippen molar-refractivity contribution in [2.24, 2.45) is 0 Å². The minimum Gasteiger partial charge on any atom is -0.467 e. The Labute approximate surface area is 118 Å². The maximum Gasteiger partial charge on any atom is 0.410 e. The molecule has 1 aliphatic rings. The second-order valence-corrected chi connectivity index (χ2v) is 4.84. The zero-order valence-electron chi connectivity index (χ0n) is 12.0. The molecule has 0 bridgehead atoms. The molecule has 1 heterocycles. The monoisotopic (exact) mass is 277 g/mol. The van der Waals surface area contributed by atoms with Gasteiger partial charge in [-0.25, -0.2) is 9.59 Å². The summed E-state index contributed by atoms with van der Waals surface area (Å²) in [5.74, 6) is -0.412. The Morgan fingerprint density at radius 1 is 1.35 bits per heavy atom. The molecule has 0 N–H and O–H groups in total. The Hall–Kier alpha value is -2.04. The van der Waals surface area contributed by atoms with Gasteiger partial charge in [-0.15, -0.1) is 0 Å². The van der Waals surface area contributed by atoms with E-state index in [1.165, 1.54) is 12.0 Å². The summed E-state index contributed by atoms with van der Waals surface area (Å²) in [5, 5.41) is 0. The van der Waals surface area contributed by atoms with E-state index in [1.54, 1.807) is 6.92 Å². The summed E-state index contributed by atoms with van der Waals surface area (Å²) in [6.45, 7) is 4.40. The van der Waals surface area contributed by atoms with Crippen molar-refractivity contribution >= 4 is 12.1 Å². The topological polar surface area (TPSA) is 55.8 Å². The minimum absolute atomic E-state index is 0.282. The molecular weight excluding hydrogens is 258 g/mol. The van der Waals surface area contributed by atoms with E-state index in [0.29, 0.717) is 13.0 Å². The van der Waals surface area contributed by atoms with Crippen LogP contribution in [0.15, 0.2) is 18.2 Å². The number of aryl methyl sites for hydroxylation is 1. The van der Waals surface area contributed by atoms with Gasteiger partial charge in [-0.1, -0.05) is 23.8 Å². The Kier molecular flexibility index (Phi) is 4.27. The fourth-order valence-electron chi connectivity index (χ4n) is 2.46. The molecule has 1 aromatic rings. The molecule has 0 aliphatic carbocycles. The standard InChI is InChI=1S/C15H19NO4/c1-4-20-15(18)16-9-11-6-5-10(2)7-12(11)8-13(16)14(17)19-3/h5-7,13H,4,8-9H2,1-3H3/t13-/m0/s1. The number of esters is 1. The van der Waals surface area contributed by atoms with Crippen LogP contribution in [0.1, 0.15) is 23.6 Å². The average molecular weight is 277 g/mol. The molecule has 0 aromatic heterocycles. The van der Waals surface area contributed by atoms with Gasteiger partial charge in [-0.05, 0) is 25.0 Å². The van der Waals surface area contributed by atoms with Crippen LogP contribution < -0.4 is 0 Å². The summed E-state index contributed by atoms with van der Waals surface area (Å²) >= 11 is 0. The van der Waals surface area contributed by atoms with E-state index in [2.05, 4.69) is 0 Å². The van der Waals surface area contributed by atoms with Crippen LogP contribution in [0.2, 0.25) is 0 Å². The number of rotatable bonds is 2. The van der Waals surface area contributed by atoms with Crippen LogP contribution in [-0.2, 0) is 27.2 Å². The minimum atomic E-state index is -0.617. The van der Waals surface area contributed by atoms with Gasteiger partial charge in [0.25, 0.3) is 0 Å². The van der Waals surface area contributed by atoms with E-state index in [-0.39, 0.29) is 6.61 Å². The van der Waals surface area contributed by atoms with E-state index < -0.39 is 18.1 Å². The van der Waals surface area contributed by atoms with E-state index in [1.807, 2.05) is 25.1 Å². The molecule has 1 aromatic carbocycles. The van der Waals surface area contributed by atoms with Crippen LogP contribution in [-0.4, -0.2) is 36.7 Å². The third kappa shape index (κ3) is 2.76. The Balaban J connectivity index is 2.32. The molecule has 2 rings (SSSR count). The number of methoxy groups -OCH3 is 1. The number of carbonyl (C=O) groups excluding carboxylic acids is 2. The highest BCUT2D eigenvalue weighted by molar-refractivity contribution is 5.82. The first-order chi connectivity index (χ1) is 9.56. The molecule has 0 fully saturated rings. The molecule has 1 amide bonds. The number of amides is 1. The van der Waals surface area contributed by atoms with Crippen molar-refractivity contribution < 1.29 is 19.1 Å². The fraction of sp³-hybridized carbons (Fsp3) is 0.467. The summed E-state index contributed by atoms with van der Waals surface area (Å²) < 4.78 is 9.83. The SMILES string of the molecule is CCOC(=O)N1Cc2ccc(C)cc2C[C@H]1C(=O)OC. The zero-order valence-corrected chi connectivity index (χ0v) is 12.0. The molecule has 1 aliphatic heterocycles. The van der Waals surface area contributed by atoms with Gasteiger partial charge in [-0.2, -0.15) is 0 Å². The molecule has 0 saturated heterocycles. The quantitative estimate of drug-likeness (QED) is 0.776. The predicted octanol–water partition coefficient (Wildman–Crippen LogP) is 2.05. The normalized spacial score (nSPS) is 17.4. The van der Waals surface area contributed by atoms with Crippen molar-refractivity contribution in [2.45, 2.75) is 32.9 Å². The van der Waals surface area contributed by atoms with Crippen molar-refractivity contribution in [3.8, 4) is 0 Å². The lowest BCUT2D eigenvalue weighted by molar-refractivity contribution is -0.147. The molecule has 5 nitrogen and oxygen atoms in total. The summed E-state index contributed by atoms with van der Waals surface area (Å²) in [6.07, 6.45) is -0.0168. The highest BCUT2D eigenvalue weighted by Crippen LogP contribution is 2.25. The van der Waals surface area contributed by atoms with Gasteiger partial charge < -0.3 is 9.47 Å². The van der Waals surface area contributed by atoms with E-state index >= 15 is 0 Å². The molecule has 0 saturated carbocycles. The lowest BCUT2D eigenvalue weighted by Gasteiger charge is -2.34. The number of nitrogens with zero attached hydrogens (tertiary/aromatic N) is 1. The average Bonchev–Trinajstić information content (AvgIpc) is 2.45. The van der Waals surface area contributed by atoms with Gasteiger partial charge in [0.2, 0.25) is 0 Å². The fourth-order valence-corrected chi connectivity index (χ4v) is 2.46. The molecule has 1 atom stereocenters. The van der Waals surface area contributed by atoms with Crippen molar-refractivity contribution in [1.29, 1.82) is 0 Å². The van der Waals surface area contributed by atoms with E-state index in [9.17, 15) is 9.59 Å². The first kappa shape index (κ1) is 14.4. The van der Waals surface area contributed by atoms with Crippen molar-refractivity contribution in [2.75, 3.05) is 13.7 Å². The second-order valence-electron chi connectivity index (χ2n) is 4.84. The number of benzene rings is 1. The molecule has 20 heavy (non-hydrogen) atoms. The van der Waals surface area contributed by atoms with Gasteiger partial charge in [0.05, 0.1) is 20.3 Å². The predicted molar refractivity (Wildman–Crippen MR) is 73.3 cm³/mol. The second kappa shape index (κ2) is 5.94. The molecule has 5 heteroatoms. The highest BCUT2D eigenvalue weighted by Gasteiger charge is 2.36. The largest absolute Gasteiger partial charge is 0.467 e. The molecule has 108 valence electrons. The highest BCUT2D eigenvalue weighted by atomic mass is 16.6. The number of ether oxygens (including phenoxy) is 2. The van der Waals surface area contributed by atoms with Gasteiger partial charge in [-0.3, -0.25) is 4.90 Å². The third-order valence-corrected chi connectivity index (χ3v) is 3.47. The van der Waals surface area contributed by atoms with Gasteiger partial charge in [0.1, 0.15) is 6.04 Å². The van der Waals surface area contributed by atoms with Gasteiger partial charge in [0, 0.05) is 6.42 Å². The van der Waals surface area contributed by atoms with Gasteiger partial charge >= 0.3 is 12.1 Å².